The zero-order valence-electron chi connectivity index (χ0n) is 22.6. The van der Waals surface area contributed by atoms with Crippen LogP contribution >= 0.6 is 0 Å². The maximum atomic E-state index is 14.5. The van der Waals surface area contributed by atoms with Crippen molar-refractivity contribution in [2.24, 2.45) is 0 Å². The molecule has 3 rings (SSSR count). The highest BCUT2D eigenvalue weighted by Crippen LogP contribution is 2.47. The molecule has 0 aliphatic heterocycles. The molecule has 42 heavy (non-hydrogen) atoms. The molecule has 3 aromatic rings. The molecular formula is C27H27F6N5O4. The average Bonchev–Trinajstić information content (AvgIpc) is 3.39. The van der Waals surface area contributed by atoms with Gasteiger partial charge in [0.05, 0.1) is 11.5 Å². The zero-order chi connectivity index (χ0) is 31.3. The summed E-state index contributed by atoms with van der Waals surface area (Å²) in [4.78, 5) is 14.4. The molecule has 0 saturated heterocycles. The summed E-state index contributed by atoms with van der Waals surface area (Å²) >= 11 is 0. The number of nitrogens with one attached hydrogen (secondary N) is 1. The van der Waals surface area contributed by atoms with Crippen LogP contribution in [0.3, 0.4) is 0 Å². The van der Waals surface area contributed by atoms with Crippen LogP contribution in [-0.2, 0) is 23.1 Å². The van der Waals surface area contributed by atoms with Crippen molar-refractivity contribution in [1.29, 1.82) is 0 Å². The number of aromatic nitrogens is 3. The normalized spacial score (nSPS) is 13.8. The predicted molar refractivity (Wildman–Crippen MR) is 140 cm³/mol. The van der Waals surface area contributed by atoms with Crippen LogP contribution in [-0.4, -0.2) is 31.8 Å². The first-order valence-electron chi connectivity index (χ1n) is 12.4. The minimum absolute atomic E-state index is 0.213. The first-order chi connectivity index (χ1) is 19.5. The molecule has 1 atom stereocenters. The molecule has 15 heteroatoms. The number of ether oxygens (including phenoxy) is 1. The summed E-state index contributed by atoms with van der Waals surface area (Å²) in [5.74, 6) is -2.87. The van der Waals surface area contributed by atoms with E-state index in [1.165, 1.54) is 12.1 Å². The fourth-order valence-electron chi connectivity index (χ4n) is 3.95. The van der Waals surface area contributed by atoms with Crippen molar-refractivity contribution in [2.75, 3.05) is 5.32 Å². The van der Waals surface area contributed by atoms with Crippen molar-refractivity contribution in [2.45, 2.75) is 63.2 Å². The second-order valence-corrected chi connectivity index (χ2v) is 9.85. The van der Waals surface area contributed by atoms with Gasteiger partial charge in [-0.05, 0) is 32.3 Å². The number of alkyl halides is 6. The lowest BCUT2D eigenvalue weighted by Crippen LogP contribution is -2.45. The van der Waals surface area contributed by atoms with Gasteiger partial charge >= 0.3 is 18.0 Å². The number of anilines is 1. The van der Waals surface area contributed by atoms with Crippen LogP contribution in [0.5, 0.6) is 0 Å². The van der Waals surface area contributed by atoms with Gasteiger partial charge in [-0.3, -0.25) is 10.1 Å². The van der Waals surface area contributed by atoms with Gasteiger partial charge in [-0.15, -0.1) is 23.4 Å². The number of hydrogen-bond acceptors (Lipinski definition) is 8. The average molecular weight is 600 g/mol. The standard InChI is InChI=1S/C27H27F6N5O4/c1-5-7-14-24(3,4)35-21-18(26(28,29)30)15-19(38(39)40)20(34-21)22-36-37-23(42-22)25(13-6-2,27(31,32)33)41-16-17-11-9-8-10-12-17/h5-6,8-12,15H,1-2,7,13-14,16H2,3-4H3,(H,34,35). The topological polar surface area (TPSA) is 116 Å². The predicted octanol–water partition coefficient (Wildman–Crippen LogP) is 7.77. The molecule has 0 spiro atoms. The highest BCUT2D eigenvalue weighted by molar-refractivity contribution is 5.68. The monoisotopic (exact) mass is 599 g/mol. The summed E-state index contributed by atoms with van der Waals surface area (Å²) in [5, 5.41) is 21.4. The van der Waals surface area contributed by atoms with Crippen LogP contribution in [0.15, 0.2) is 66.1 Å². The third-order valence-corrected chi connectivity index (χ3v) is 6.13. The molecule has 9 nitrogen and oxygen atoms in total. The van der Waals surface area contributed by atoms with Crippen molar-refractivity contribution >= 4 is 11.5 Å². The van der Waals surface area contributed by atoms with E-state index in [1.54, 1.807) is 38.1 Å². The van der Waals surface area contributed by atoms with E-state index < -0.39 is 76.0 Å². The number of nitro groups is 1. The Balaban J connectivity index is 2.18. The van der Waals surface area contributed by atoms with Crippen LogP contribution in [0.2, 0.25) is 0 Å². The molecule has 0 aliphatic carbocycles. The number of rotatable bonds is 13. The minimum atomic E-state index is -5.15. The van der Waals surface area contributed by atoms with Crippen LogP contribution in [0.4, 0.5) is 37.8 Å². The lowest BCUT2D eigenvalue weighted by atomic mass is 9.98. The Morgan fingerprint density at radius 2 is 1.74 bits per heavy atom. The van der Waals surface area contributed by atoms with Gasteiger partial charge in [0.2, 0.25) is 11.3 Å². The quantitative estimate of drug-likeness (QED) is 0.0917. The van der Waals surface area contributed by atoms with Crippen LogP contribution in [0, 0.1) is 10.1 Å². The number of hydrogen-bond donors (Lipinski definition) is 1. The number of nitrogens with zero attached hydrogens (tertiary/aromatic N) is 4. The van der Waals surface area contributed by atoms with Gasteiger partial charge in [0.25, 0.3) is 11.8 Å². The summed E-state index contributed by atoms with van der Waals surface area (Å²) < 4.78 is 96.0. The van der Waals surface area contributed by atoms with Crippen LogP contribution in [0.1, 0.15) is 50.1 Å². The molecular weight excluding hydrogens is 572 g/mol. The van der Waals surface area contributed by atoms with Crippen molar-refractivity contribution in [3.8, 4) is 11.6 Å². The van der Waals surface area contributed by atoms with E-state index in [1.807, 2.05) is 0 Å². The van der Waals surface area contributed by atoms with Gasteiger partial charge < -0.3 is 14.5 Å². The number of allylic oxidation sites excluding steroid dienone is 1. The van der Waals surface area contributed by atoms with E-state index in [0.717, 1.165) is 6.08 Å². The fraction of sp³-hybridized carbons (Fsp3) is 0.370. The van der Waals surface area contributed by atoms with Crippen LogP contribution < -0.4 is 5.32 Å². The Labute approximate surface area is 236 Å². The molecule has 0 amide bonds. The van der Waals surface area contributed by atoms with Crippen molar-refractivity contribution in [3.63, 3.8) is 0 Å². The molecule has 0 saturated carbocycles. The van der Waals surface area contributed by atoms with Gasteiger partial charge in [-0.2, -0.15) is 26.3 Å². The van der Waals surface area contributed by atoms with E-state index in [-0.39, 0.29) is 6.07 Å². The van der Waals surface area contributed by atoms with E-state index in [2.05, 4.69) is 33.7 Å². The Morgan fingerprint density at radius 3 is 2.29 bits per heavy atom. The highest BCUT2D eigenvalue weighted by Gasteiger charge is 2.61. The molecule has 0 fully saturated rings. The summed E-state index contributed by atoms with van der Waals surface area (Å²) in [7, 11) is 0. The third kappa shape index (κ3) is 7.13. The van der Waals surface area contributed by atoms with E-state index >= 15 is 0 Å². The molecule has 2 aromatic heterocycles. The summed E-state index contributed by atoms with van der Waals surface area (Å²) in [5.41, 5.74) is -7.40. The molecule has 0 bridgehead atoms. The summed E-state index contributed by atoms with van der Waals surface area (Å²) in [6.07, 6.45) is -7.93. The first kappa shape index (κ1) is 32.2. The van der Waals surface area contributed by atoms with E-state index in [9.17, 15) is 36.5 Å². The molecule has 1 unspecified atom stereocenters. The number of benzene rings is 1. The number of halogens is 6. The molecule has 0 aliphatic rings. The van der Waals surface area contributed by atoms with Gasteiger partial charge in [0.15, 0.2) is 0 Å². The molecule has 226 valence electrons. The molecule has 1 aromatic carbocycles. The molecule has 2 heterocycles. The Bertz CT molecular complexity index is 1420. The van der Waals surface area contributed by atoms with Gasteiger partial charge in [0, 0.05) is 18.0 Å². The lowest BCUT2D eigenvalue weighted by Gasteiger charge is -2.31. The Hall–Kier alpha value is -4.27. The van der Waals surface area contributed by atoms with Gasteiger partial charge in [-0.25, -0.2) is 4.98 Å². The van der Waals surface area contributed by atoms with Crippen molar-refractivity contribution in [3.05, 3.63) is 88.8 Å². The highest BCUT2D eigenvalue weighted by atomic mass is 19.4. The zero-order valence-corrected chi connectivity index (χ0v) is 22.6. The third-order valence-electron chi connectivity index (χ3n) is 6.13. The SMILES string of the molecule is C=CCCC(C)(C)Nc1nc(-c2nnc(C(CC=C)(OCc3ccccc3)C(F)(F)F)o2)c([N+](=O)[O-])cc1C(F)(F)F. The summed E-state index contributed by atoms with van der Waals surface area (Å²) in [6.45, 7) is 9.52. The fourth-order valence-corrected chi connectivity index (χ4v) is 3.95. The maximum Gasteiger partial charge on any atom is 0.426 e. The lowest BCUT2D eigenvalue weighted by molar-refractivity contribution is -0.384. The minimum Gasteiger partial charge on any atom is -0.415 e. The van der Waals surface area contributed by atoms with Crippen molar-refractivity contribution in [1.82, 2.24) is 15.2 Å². The van der Waals surface area contributed by atoms with Crippen molar-refractivity contribution < 1.29 is 40.4 Å². The molecule has 1 N–H and O–H groups in total. The Kier molecular flexibility index (Phi) is 9.45. The molecule has 0 radical (unpaired) electrons. The van der Waals surface area contributed by atoms with Gasteiger partial charge in [-0.1, -0.05) is 42.5 Å². The second-order valence-electron chi connectivity index (χ2n) is 9.85. The Morgan fingerprint density at radius 1 is 1.07 bits per heavy atom. The second kappa shape index (κ2) is 12.3. The van der Waals surface area contributed by atoms with Crippen LogP contribution in [0.25, 0.3) is 11.6 Å². The largest absolute Gasteiger partial charge is 0.426 e. The maximum absolute atomic E-state index is 14.5. The van der Waals surface area contributed by atoms with E-state index in [4.69, 9.17) is 9.15 Å². The summed E-state index contributed by atoms with van der Waals surface area (Å²) in [6, 6.07) is 8.09. The van der Waals surface area contributed by atoms with E-state index in [0.29, 0.717) is 18.4 Å². The smallest absolute Gasteiger partial charge is 0.415 e. The van der Waals surface area contributed by atoms with Gasteiger partial charge in [0.1, 0.15) is 11.4 Å². The number of pyridine rings is 1. The first-order valence-corrected chi connectivity index (χ1v) is 12.4.